The van der Waals surface area contributed by atoms with Gasteiger partial charge in [0.1, 0.15) is 0 Å². The van der Waals surface area contributed by atoms with Gasteiger partial charge in [0.15, 0.2) is 0 Å². The van der Waals surface area contributed by atoms with Crippen LogP contribution in [-0.4, -0.2) is 0 Å². The van der Waals surface area contributed by atoms with Gasteiger partial charge in [0.05, 0.1) is 1.37 Å². The quantitative estimate of drug-likeness (QED) is 0.590. The third-order valence-corrected chi connectivity index (χ3v) is 1.97. The van der Waals surface area contributed by atoms with Crippen LogP contribution in [0.2, 0.25) is 0 Å². The second-order valence-electron chi connectivity index (χ2n) is 4.04. The lowest BCUT2D eigenvalue weighted by atomic mass is 9.87. The Morgan fingerprint density at radius 1 is 1.25 bits per heavy atom. The molecule has 64 valence electrons. The molecule has 0 saturated carbocycles. The first-order valence-electron chi connectivity index (χ1n) is 4.77. The number of hydrogen-bond acceptors (Lipinski definition) is 0. The fourth-order valence-corrected chi connectivity index (χ4v) is 1.09. The average molecular weight is 161 g/mol. The standard InChI is InChI=1S/C12H16/c1-5-10-6-8-11(9-7-10)12(2,3)4/h5-9H,1H2,2-4H3/i1D/b5-1+. The SMILES string of the molecule is [2H]/C=C/c1ccc(C(C)(C)C)cc1. The van der Waals surface area contributed by atoms with Gasteiger partial charge >= 0.3 is 0 Å². The minimum atomic E-state index is 0.212. The Balaban J connectivity index is 2.94. The Labute approximate surface area is 76.3 Å². The van der Waals surface area contributed by atoms with E-state index >= 15 is 0 Å². The molecule has 0 aliphatic carbocycles. The summed E-state index contributed by atoms with van der Waals surface area (Å²) >= 11 is 0. The number of hydrogen-bond donors (Lipinski definition) is 0. The molecule has 0 spiro atoms. The highest BCUT2D eigenvalue weighted by Crippen LogP contribution is 2.22. The minimum Gasteiger partial charge on any atom is -0.0985 e. The first-order valence-corrected chi connectivity index (χ1v) is 4.19. The van der Waals surface area contributed by atoms with Crippen LogP contribution in [0.1, 0.15) is 33.3 Å². The Morgan fingerprint density at radius 2 is 1.83 bits per heavy atom. The van der Waals surface area contributed by atoms with E-state index in [0.29, 0.717) is 0 Å². The van der Waals surface area contributed by atoms with E-state index in [-0.39, 0.29) is 5.41 Å². The van der Waals surface area contributed by atoms with E-state index in [1.54, 1.807) is 6.08 Å². The second-order valence-corrected chi connectivity index (χ2v) is 4.04. The summed E-state index contributed by atoms with van der Waals surface area (Å²) in [6.07, 6.45) is 1.78. The lowest BCUT2D eigenvalue weighted by Gasteiger charge is -2.18. The van der Waals surface area contributed by atoms with E-state index in [4.69, 9.17) is 1.37 Å². The van der Waals surface area contributed by atoms with Crippen molar-refractivity contribution in [3.63, 3.8) is 0 Å². The van der Waals surface area contributed by atoms with Gasteiger partial charge in [-0.3, -0.25) is 0 Å². The van der Waals surface area contributed by atoms with Crippen LogP contribution in [0.25, 0.3) is 6.08 Å². The van der Waals surface area contributed by atoms with E-state index in [2.05, 4.69) is 32.9 Å². The summed E-state index contributed by atoms with van der Waals surface area (Å²) in [4.78, 5) is 0. The van der Waals surface area contributed by atoms with Crippen molar-refractivity contribution in [2.24, 2.45) is 0 Å². The van der Waals surface area contributed by atoms with Gasteiger partial charge in [0.2, 0.25) is 0 Å². The van der Waals surface area contributed by atoms with Crippen LogP contribution >= 0.6 is 0 Å². The van der Waals surface area contributed by atoms with E-state index < -0.39 is 0 Å². The largest absolute Gasteiger partial charge is 0.0985 e. The van der Waals surface area contributed by atoms with Gasteiger partial charge in [-0.15, -0.1) is 0 Å². The third-order valence-electron chi connectivity index (χ3n) is 1.97. The molecule has 1 aromatic rings. The van der Waals surface area contributed by atoms with Gasteiger partial charge in [0.25, 0.3) is 0 Å². The van der Waals surface area contributed by atoms with E-state index in [1.165, 1.54) is 12.1 Å². The van der Waals surface area contributed by atoms with Crippen LogP contribution in [-0.2, 0) is 5.41 Å². The molecule has 1 aromatic carbocycles. The van der Waals surface area contributed by atoms with Crippen LogP contribution < -0.4 is 0 Å². The van der Waals surface area contributed by atoms with Gasteiger partial charge in [-0.05, 0) is 16.5 Å². The molecule has 0 nitrogen and oxygen atoms in total. The molecule has 0 saturated heterocycles. The smallest absolute Gasteiger partial charge is 0.0538 e. The van der Waals surface area contributed by atoms with Crippen LogP contribution in [0.15, 0.2) is 30.8 Å². The third kappa shape index (κ3) is 1.97. The Hall–Kier alpha value is -1.04. The van der Waals surface area contributed by atoms with Gasteiger partial charge in [-0.2, -0.15) is 0 Å². The van der Waals surface area contributed by atoms with Crippen molar-refractivity contribution in [1.29, 1.82) is 0 Å². The summed E-state index contributed by atoms with van der Waals surface area (Å²) in [7, 11) is 0. The number of benzene rings is 1. The van der Waals surface area contributed by atoms with Crippen molar-refractivity contribution in [3.05, 3.63) is 41.9 Å². The topological polar surface area (TPSA) is 0 Å². The molecule has 0 bridgehead atoms. The van der Waals surface area contributed by atoms with Crippen LogP contribution in [0.5, 0.6) is 0 Å². The molecule has 0 heterocycles. The number of rotatable bonds is 1. The Bertz CT molecular complexity index is 288. The predicted molar refractivity (Wildman–Crippen MR) is 55.2 cm³/mol. The zero-order valence-corrected chi connectivity index (χ0v) is 7.96. The second kappa shape index (κ2) is 3.14. The van der Waals surface area contributed by atoms with E-state index in [0.717, 1.165) is 5.56 Å². The van der Waals surface area contributed by atoms with Crippen LogP contribution in [0.3, 0.4) is 0 Å². The summed E-state index contributed by atoms with van der Waals surface area (Å²) < 4.78 is 6.94. The monoisotopic (exact) mass is 161 g/mol. The predicted octanol–water partition coefficient (Wildman–Crippen LogP) is 3.63. The molecular formula is C12H16. The van der Waals surface area contributed by atoms with Crippen LogP contribution in [0.4, 0.5) is 0 Å². The highest BCUT2D eigenvalue weighted by atomic mass is 14.2. The lowest BCUT2D eigenvalue weighted by molar-refractivity contribution is 0.590. The summed E-state index contributed by atoms with van der Waals surface area (Å²) in [6, 6.07) is 8.34. The summed E-state index contributed by atoms with van der Waals surface area (Å²) in [5, 5.41) is 0. The van der Waals surface area contributed by atoms with Gasteiger partial charge in [0, 0.05) is 0 Å². The molecule has 0 fully saturated rings. The van der Waals surface area contributed by atoms with Crippen molar-refractivity contribution in [3.8, 4) is 0 Å². The molecule has 12 heavy (non-hydrogen) atoms. The molecule has 0 aliphatic rings. The molecule has 0 amide bonds. The summed E-state index contributed by atoms with van der Waals surface area (Å²) in [6.45, 7) is 7.90. The van der Waals surface area contributed by atoms with Crippen molar-refractivity contribution in [2.45, 2.75) is 26.2 Å². The van der Waals surface area contributed by atoms with Crippen molar-refractivity contribution < 1.29 is 1.37 Å². The molecule has 0 aliphatic heterocycles. The zero-order valence-electron chi connectivity index (χ0n) is 8.96. The molecular weight excluding hydrogens is 144 g/mol. The Kier molecular flexibility index (Phi) is 1.99. The molecule has 0 aromatic heterocycles. The zero-order chi connectivity index (χ0) is 9.90. The molecule has 1 rings (SSSR count). The van der Waals surface area contributed by atoms with Crippen molar-refractivity contribution >= 4 is 6.08 Å². The molecule has 0 unspecified atom stereocenters. The van der Waals surface area contributed by atoms with Crippen molar-refractivity contribution in [2.75, 3.05) is 0 Å². The van der Waals surface area contributed by atoms with Gasteiger partial charge in [-0.25, -0.2) is 0 Å². The summed E-state index contributed by atoms with van der Waals surface area (Å²) in [5.74, 6) is 0. The van der Waals surface area contributed by atoms with Gasteiger partial charge < -0.3 is 0 Å². The van der Waals surface area contributed by atoms with Gasteiger partial charge in [-0.1, -0.05) is 57.7 Å². The molecule has 0 atom stereocenters. The fraction of sp³-hybridized carbons (Fsp3) is 0.333. The maximum atomic E-state index is 6.94. The first kappa shape index (κ1) is 7.60. The molecule has 0 radical (unpaired) electrons. The molecule has 0 heteroatoms. The average Bonchev–Trinajstić information content (AvgIpc) is 2.04. The maximum absolute atomic E-state index is 6.94. The lowest BCUT2D eigenvalue weighted by Crippen LogP contribution is -2.10. The highest BCUT2D eigenvalue weighted by molar-refractivity contribution is 5.47. The Morgan fingerprint density at radius 3 is 2.25 bits per heavy atom. The van der Waals surface area contributed by atoms with Crippen molar-refractivity contribution in [1.82, 2.24) is 0 Å². The van der Waals surface area contributed by atoms with E-state index in [9.17, 15) is 0 Å². The maximum Gasteiger partial charge on any atom is 0.0538 e. The van der Waals surface area contributed by atoms with Crippen LogP contribution in [0, 0.1) is 0 Å². The first-order chi connectivity index (χ1) is 6.04. The highest BCUT2D eigenvalue weighted by Gasteiger charge is 2.12. The normalized spacial score (nSPS) is 13.4. The minimum absolute atomic E-state index is 0.212. The summed E-state index contributed by atoms with van der Waals surface area (Å²) in [5.41, 5.74) is 2.63. The van der Waals surface area contributed by atoms with E-state index in [1.807, 2.05) is 12.1 Å². The fourth-order valence-electron chi connectivity index (χ4n) is 1.09. The molecule has 0 N–H and O–H groups in total.